The molecule has 0 N–H and O–H groups in total. The molecule has 2 rings (SSSR count). The maximum Gasteiger partial charge on any atom is 0.223 e. The van der Waals surface area contributed by atoms with Crippen molar-refractivity contribution in [1.82, 2.24) is 9.97 Å². The number of hydrogen-bond acceptors (Lipinski definition) is 4. The summed E-state index contributed by atoms with van der Waals surface area (Å²) in [5.41, 5.74) is 1.36. The highest BCUT2D eigenvalue weighted by Crippen LogP contribution is 2.17. The zero-order chi connectivity index (χ0) is 12.3. The van der Waals surface area contributed by atoms with E-state index >= 15 is 0 Å². The van der Waals surface area contributed by atoms with Crippen molar-refractivity contribution in [3.05, 3.63) is 47.7 Å². The summed E-state index contributed by atoms with van der Waals surface area (Å²) < 4.78 is 13.0. The van der Waals surface area contributed by atoms with Crippen LogP contribution in [-0.2, 0) is 0 Å². The normalized spacial score (nSPS) is 9.94. The van der Waals surface area contributed by atoms with Crippen LogP contribution >= 0.6 is 0 Å². The lowest BCUT2D eigenvalue weighted by molar-refractivity contribution is 0.111. The van der Waals surface area contributed by atoms with Gasteiger partial charge in [0.2, 0.25) is 5.95 Å². The molecule has 4 nitrogen and oxygen atoms in total. The average Bonchev–Trinajstić information content (AvgIpc) is 2.39. The number of carbonyl (C=O) groups excluding carboxylic acids is 2. The van der Waals surface area contributed by atoms with Gasteiger partial charge in [-0.25, -0.2) is 4.98 Å². The third-order valence-electron chi connectivity index (χ3n) is 2.21. The van der Waals surface area contributed by atoms with Crippen LogP contribution in [0, 0.1) is 5.95 Å². The molecule has 0 fully saturated rings. The molecular weight excluding hydrogens is 223 g/mol. The zero-order valence-electron chi connectivity index (χ0n) is 8.63. The summed E-state index contributed by atoms with van der Waals surface area (Å²) in [5.74, 6) is -0.812. The summed E-state index contributed by atoms with van der Waals surface area (Å²) in [6.45, 7) is 0. The molecule has 0 atom stereocenters. The number of pyridine rings is 2. The lowest BCUT2D eigenvalue weighted by Gasteiger charge is -2.01. The lowest BCUT2D eigenvalue weighted by atomic mass is 10.1. The molecule has 2 aromatic heterocycles. The van der Waals surface area contributed by atoms with Crippen molar-refractivity contribution >= 4 is 12.6 Å². The van der Waals surface area contributed by atoms with Crippen molar-refractivity contribution < 1.29 is 14.0 Å². The molecule has 0 bridgehead atoms. The number of carbonyl (C=O) groups is 2. The Morgan fingerprint density at radius 3 is 2.47 bits per heavy atom. The molecular formula is C12H7FN2O2. The quantitative estimate of drug-likeness (QED) is 0.597. The third kappa shape index (κ3) is 2.23. The van der Waals surface area contributed by atoms with Crippen molar-refractivity contribution in [1.29, 1.82) is 0 Å². The van der Waals surface area contributed by atoms with E-state index in [1.165, 1.54) is 18.5 Å². The minimum absolute atomic E-state index is 0.122. The Hall–Kier alpha value is -2.43. The van der Waals surface area contributed by atoms with Gasteiger partial charge in [-0.05, 0) is 18.2 Å². The highest BCUT2D eigenvalue weighted by Gasteiger charge is 2.06. The Bertz CT molecular complexity index is 567. The molecule has 0 aromatic carbocycles. The SMILES string of the molecule is O=Cc1ccc(-c2cnc(F)c(C=O)c2)nc1. The molecule has 0 aliphatic rings. The zero-order valence-corrected chi connectivity index (χ0v) is 8.63. The van der Waals surface area contributed by atoms with Gasteiger partial charge in [-0.2, -0.15) is 4.39 Å². The van der Waals surface area contributed by atoms with Gasteiger partial charge in [0.05, 0.1) is 11.3 Å². The van der Waals surface area contributed by atoms with E-state index in [1.807, 2.05) is 0 Å². The van der Waals surface area contributed by atoms with Gasteiger partial charge in [0.15, 0.2) is 12.6 Å². The number of rotatable bonds is 3. The van der Waals surface area contributed by atoms with Crippen molar-refractivity contribution in [2.24, 2.45) is 0 Å². The Morgan fingerprint density at radius 2 is 1.88 bits per heavy atom. The summed E-state index contributed by atoms with van der Waals surface area (Å²) in [6, 6.07) is 4.55. The number of halogens is 1. The first kappa shape index (κ1) is 11.1. The van der Waals surface area contributed by atoms with Crippen LogP contribution in [0.25, 0.3) is 11.3 Å². The van der Waals surface area contributed by atoms with Gasteiger partial charge in [-0.1, -0.05) is 0 Å². The Balaban J connectivity index is 2.45. The van der Waals surface area contributed by atoms with Gasteiger partial charge in [0, 0.05) is 23.5 Å². The number of nitrogens with zero attached hydrogens (tertiary/aromatic N) is 2. The van der Waals surface area contributed by atoms with Gasteiger partial charge >= 0.3 is 0 Å². The van der Waals surface area contributed by atoms with Crippen LogP contribution < -0.4 is 0 Å². The summed E-state index contributed by atoms with van der Waals surface area (Å²) in [7, 11) is 0. The predicted octanol–water partition coefficient (Wildman–Crippen LogP) is 1.91. The fourth-order valence-electron chi connectivity index (χ4n) is 1.33. The smallest absolute Gasteiger partial charge is 0.223 e. The second-order valence-electron chi connectivity index (χ2n) is 3.32. The maximum absolute atomic E-state index is 13.0. The molecule has 0 saturated heterocycles. The molecule has 5 heteroatoms. The number of aldehydes is 2. The molecule has 2 aromatic rings. The topological polar surface area (TPSA) is 59.9 Å². The van der Waals surface area contributed by atoms with E-state index in [9.17, 15) is 14.0 Å². The molecule has 0 aliphatic carbocycles. The van der Waals surface area contributed by atoms with Crippen LogP contribution in [-0.4, -0.2) is 22.5 Å². The lowest BCUT2D eigenvalue weighted by Crippen LogP contribution is -1.94. The standard InChI is InChI=1S/C12H7FN2O2/c13-12-10(7-17)3-9(5-15-12)11-2-1-8(6-16)4-14-11/h1-7H. The molecule has 17 heavy (non-hydrogen) atoms. The minimum atomic E-state index is -0.812. The highest BCUT2D eigenvalue weighted by atomic mass is 19.1. The first-order valence-corrected chi connectivity index (χ1v) is 4.77. The van der Waals surface area contributed by atoms with Crippen molar-refractivity contribution in [2.75, 3.05) is 0 Å². The molecule has 0 unspecified atom stereocenters. The molecule has 0 aliphatic heterocycles. The molecule has 0 saturated carbocycles. The van der Waals surface area contributed by atoms with Gasteiger partial charge in [0.1, 0.15) is 0 Å². The Kier molecular flexibility index (Phi) is 3.00. The fourth-order valence-corrected chi connectivity index (χ4v) is 1.33. The van der Waals surface area contributed by atoms with Crippen molar-refractivity contribution in [2.45, 2.75) is 0 Å². The maximum atomic E-state index is 13.0. The first-order chi connectivity index (χ1) is 8.24. The Labute approximate surface area is 96.1 Å². The summed E-state index contributed by atoms with van der Waals surface area (Å²) in [5, 5.41) is 0. The van der Waals surface area contributed by atoms with Crippen LogP contribution in [0.4, 0.5) is 4.39 Å². The first-order valence-electron chi connectivity index (χ1n) is 4.77. The highest BCUT2D eigenvalue weighted by molar-refractivity contribution is 5.78. The van der Waals surface area contributed by atoms with Crippen LogP contribution in [0.5, 0.6) is 0 Å². The van der Waals surface area contributed by atoms with E-state index in [-0.39, 0.29) is 5.56 Å². The van der Waals surface area contributed by atoms with E-state index in [0.29, 0.717) is 29.4 Å². The van der Waals surface area contributed by atoms with Crippen LogP contribution in [0.1, 0.15) is 20.7 Å². The van der Waals surface area contributed by atoms with Crippen LogP contribution in [0.3, 0.4) is 0 Å². The van der Waals surface area contributed by atoms with Gasteiger partial charge < -0.3 is 0 Å². The third-order valence-corrected chi connectivity index (χ3v) is 2.21. The van der Waals surface area contributed by atoms with E-state index in [1.54, 1.807) is 12.1 Å². The van der Waals surface area contributed by atoms with E-state index in [4.69, 9.17) is 0 Å². The largest absolute Gasteiger partial charge is 0.298 e. The minimum Gasteiger partial charge on any atom is -0.298 e. The molecule has 0 radical (unpaired) electrons. The molecule has 0 spiro atoms. The van der Waals surface area contributed by atoms with Crippen LogP contribution in [0.15, 0.2) is 30.6 Å². The molecule has 0 amide bonds. The average molecular weight is 230 g/mol. The van der Waals surface area contributed by atoms with E-state index in [0.717, 1.165) is 0 Å². The summed E-state index contributed by atoms with van der Waals surface area (Å²) in [4.78, 5) is 28.5. The molecule has 84 valence electrons. The fraction of sp³-hybridized carbons (Fsp3) is 0. The molecule has 2 heterocycles. The predicted molar refractivity (Wildman–Crippen MR) is 58.2 cm³/mol. The van der Waals surface area contributed by atoms with Gasteiger partial charge in [-0.3, -0.25) is 14.6 Å². The number of aromatic nitrogens is 2. The van der Waals surface area contributed by atoms with E-state index < -0.39 is 5.95 Å². The van der Waals surface area contributed by atoms with Gasteiger partial charge in [0.25, 0.3) is 0 Å². The number of hydrogen-bond donors (Lipinski definition) is 0. The Morgan fingerprint density at radius 1 is 1.06 bits per heavy atom. The van der Waals surface area contributed by atoms with E-state index in [2.05, 4.69) is 9.97 Å². The van der Waals surface area contributed by atoms with Crippen molar-refractivity contribution in [3.8, 4) is 11.3 Å². The van der Waals surface area contributed by atoms with Gasteiger partial charge in [-0.15, -0.1) is 0 Å². The van der Waals surface area contributed by atoms with Crippen LogP contribution in [0.2, 0.25) is 0 Å². The second kappa shape index (κ2) is 4.61. The second-order valence-corrected chi connectivity index (χ2v) is 3.32. The summed E-state index contributed by atoms with van der Waals surface area (Å²) in [6.07, 6.45) is 3.75. The summed E-state index contributed by atoms with van der Waals surface area (Å²) >= 11 is 0. The monoisotopic (exact) mass is 230 g/mol. The van der Waals surface area contributed by atoms with Crippen molar-refractivity contribution in [3.63, 3.8) is 0 Å².